The Hall–Kier alpha value is -0.780. The van der Waals surface area contributed by atoms with Crippen LogP contribution in [0, 0.1) is 25.0 Å². The fourth-order valence-corrected chi connectivity index (χ4v) is 1.51. The Labute approximate surface area is 201 Å². The van der Waals surface area contributed by atoms with Crippen LogP contribution < -0.4 is 0 Å². The molecular weight excluding hydrogens is 1120 g/mol. The van der Waals surface area contributed by atoms with E-state index in [9.17, 15) is 10.2 Å². The number of ether oxygens (including phenoxy) is 4. The van der Waals surface area contributed by atoms with Crippen LogP contribution in [-0.4, -0.2) is 63.1 Å². The zero-order valence-electron chi connectivity index (χ0n) is 14.8. The first-order valence-electron chi connectivity index (χ1n) is 6.71. The van der Waals surface area contributed by atoms with Crippen LogP contribution in [0.15, 0.2) is 0 Å². The molecule has 0 aliphatic carbocycles. The number of rotatable bonds is 13. The molecule has 30 heavy (non-hydrogen) atoms. The molecule has 0 aliphatic heterocycles. The minimum atomic E-state index is -0.455. The van der Waals surface area contributed by atoms with Crippen molar-refractivity contribution in [3.8, 4) is 0 Å². The summed E-state index contributed by atoms with van der Waals surface area (Å²) in [4.78, 5) is 0. The third-order valence-electron chi connectivity index (χ3n) is 2.94. The van der Waals surface area contributed by atoms with E-state index in [0.717, 1.165) is 0 Å². The molecule has 0 aromatic rings. The molecule has 0 amide bonds. The maximum atomic E-state index is 9.25. The summed E-state index contributed by atoms with van der Waals surface area (Å²) >= 11 is 4.24. The Morgan fingerprint density at radius 1 is 0.633 bits per heavy atom. The summed E-state index contributed by atoms with van der Waals surface area (Å²) < 4.78 is 20.5. The second-order valence-corrected chi connectivity index (χ2v) is 5.74. The van der Waals surface area contributed by atoms with Crippen molar-refractivity contribution in [1.29, 1.82) is 0 Å². The van der Waals surface area contributed by atoms with E-state index in [2.05, 4.69) is 51.5 Å². The molecule has 0 aliphatic rings. The van der Waals surface area contributed by atoms with E-state index in [1.54, 1.807) is 0 Å². The summed E-state index contributed by atoms with van der Waals surface area (Å²) in [5.41, 5.74) is -0.911. The van der Waals surface area contributed by atoms with E-state index in [0.29, 0.717) is 39.6 Å². The Bertz CT molecular complexity index is 237. The van der Waals surface area contributed by atoms with E-state index in [1.807, 2.05) is 13.8 Å². The van der Waals surface area contributed by atoms with Gasteiger partial charge in [0.25, 0.3) is 0 Å². The van der Waals surface area contributed by atoms with Crippen LogP contribution in [0.5, 0.6) is 0 Å². The summed E-state index contributed by atoms with van der Waals surface area (Å²) in [6, 6.07) is 0. The zero-order valence-corrected chi connectivity index (χ0v) is 31.9. The minimum absolute atomic E-state index is 0. The van der Waals surface area contributed by atoms with E-state index in [4.69, 9.17) is 18.9 Å². The van der Waals surface area contributed by atoms with Crippen molar-refractivity contribution in [3.63, 3.8) is 0 Å². The van der Waals surface area contributed by atoms with Gasteiger partial charge in [0.2, 0.25) is 0 Å². The van der Waals surface area contributed by atoms with Crippen molar-refractivity contribution < 1.29 is 29.2 Å². The molecule has 2 atom stereocenters. The van der Waals surface area contributed by atoms with Gasteiger partial charge in [-0.1, -0.05) is 58.4 Å². The molecule has 0 saturated heterocycles. The average molecular weight is 1180 g/mol. The van der Waals surface area contributed by atoms with Gasteiger partial charge in [-0.15, -0.1) is 0 Å². The maximum Gasteiger partial charge on any atom is 0.0700 e. The fraction of sp³-hybridized carbons (Fsp3) is 0.900. The van der Waals surface area contributed by atoms with E-state index >= 15 is 0 Å². The van der Waals surface area contributed by atoms with Gasteiger partial charge in [0.05, 0.1) is 39.6 Å². The van der Waals surface area contributed by atoms with Crippen molar-refractivity contribution in [3.05, 3.63) is 14.2 Å². The molecule has 0 spiro atoms. The van der Waals surface area contributed by atoms with Crippen LogP contribution in [0.3, 0.4) is 0 Å². The normalized spacial score (nSPS) is 12.0. The standard InChI is InChI=1S/C14H28O6.6CH4.I2.2Rf/c1-13(7-15,9-17-3)11-19-5-6-20-12-14(2,8-16)10-18-4;;;;;;;1-2;;/h15-16H,3-12H2,1-2H3;6*1H4;;;/q-2;;;;;;;;;. The Morgan fingerprint density at radius 3 is 1.03 bits per heavy atom. The Morgan fingerprint density at radius 2 is 0.867 bits per heavy atom. The molecule has 0 rings (SSSR count). The van der Waals surface area contributed by atoms with Gasteiger partial charge in [-0.25, -0.2) is 14.2 Å². The first kappa shape index (κ1) is 63.0. The van der Waals surface area contributed by atoms with Crippen molar-refractivity contribution in [2.75, 3.05) is 52.9 Å². The van der Waals surface area contributed by atoms with Gasteiger partial charge in [-0.2, -0.15) is 0 Å². The second-order valence-electron chi connectivity index (χ2n) is 5.74. The molecule has 0 fully saturated rings. The number of hydrogen-bond donors (Lipinski definition) is 2. The summed E-state index contributed by atoms with van der Waals surface area (Å²) in [7, 11) is 6.60. The van der Waals surface area contributed by atoms with Crippen LogP contribution in [0.4, 0.5) is 0 Å². The first-order chi connectivity index (χ1) is 10.4. The second kappa shape index (κ2) is 38.8. The smallest absolute Gasteiger partial charge is 0.0700 e. The third kappa shape index (κ3) is 31.9. The summed E-state index contributed by atoms with van der Waals surface area (Å²) in [6.45, 7) is 5.82. The van der Waals surface area contributed by atoms with Crippen molar-refractivity contribution in [2.45, 2.75) is 58.4 Å². The number of aliphatic hydroxyl groups excluding tert-OH is 2. The topological polar surface area (TPSA) is 77.4 Å². The summed E-state index contributed by atoms with van der Waals surface area (Å²) in [5.74, 6) is 0. The molecule has 0 radical (unpaired) electrons. The molecule has 2 unspecified atom stereocenters. The van der Waals surface area contributed by atoms with Crippen LogP contribution in [-0.2, 0) is 18.9 Å². The largest absolute Gasteiger partial charge is 0.554 e. The van der Waals surface area contributed by atoms with Gasteiger partial charge in [0, 0.05) is 61.3 Å². The van der Waals surface area contributed by atoms with Crippen molar-refractivity contribution in [2.24, 2.45) is 10.8 Å². The summed E-state index contributed by atoms with van der Waals surface area (Å²) in [6.07, 6.45) is 0. The molecule has 188 valence electrons. The predicted octanol–water partition coefficient (Wildman–Crippen LogP) is 6.22. The van der Waals surface area contributed by atoms with Crippen LogP contribution in [0.25, 0.3) is 0 Å². The first-order valence-corrected chi connectivity index (χ1v) is 13.0. The van der Waals surface area contributed by atoms with E-state index in [1.165, 1.54) is 0 Å². The molecule has 0 aromatic heterocycles. The maximum absolute atomic E-state index is 9.25. The number of halogens is 2. The summed E-state index contributed by atoms with van der Waals surface area (Å²) in [5, 5.41) is 18.5. The van der Waals surface area contributed by atoms with Gasteiger partial charge in [-0.05, 0) is 0 Å². The van der Waals surface area contributed by atoms with E-state index in [-0.39, 0.29) is 57.8 Å². The molecule has 6 nitrogen and oxygen atoms in total. The van der Waals surface area contributed by atoms with Gasteiger partial charge in [0.1, 0.15) is 0 Å². The molecule has 0 saturated carbocycles. The van der Waals surface area contributed by atoms with Gasteiger partial charge in [0.15, 0.2) is 0 Å². The number of hydrogen-bond acceptors (Lipinski definition) is 6. The Balaban J connectivity index is -0.0000000484. The minimum Gasteiger partial charge on any atom is -0.554 e. The fourth-order valence-electron chi connectivity index (χ4n) is 1.51. The molecular formula is C20H52I2O6Rf2-2. The van der Waals surface area contributed by atoms with E-state index < -0.39 is 10.8 Å². The van der Waals surface area contributed by atoms with Gasteiger partial charge < -0.3 is 29.2 Å². The molecule has 0 heterocycles. The van der Waals surface area contributed by atoms with Crippen LogP contribution in [0.2, 0.25) is 0 Å². The molecule has 10 heteroatoms. The van der Waals surface area contributed by atoms with Gasteiger partial charge in [-0.3, -0.25) is 0 Å². The van der Waals surface area contributed by atoms with Crippen LogP contribution >= 0.6 is 37.2 Å². The van der Waals surface area contributed by atoms with Gasteiger partial charge >= 0.3 is 0 Å². The monoisotopic (exact) mass is 1180 g/mol. The SMILES string of the molecule is C.C.C.C.C.C.II.[CH2-]OCC(C)(CO)COCCOCC(C)(CO)CO[CH2-].[Rf].[Rf]. The Kier molecular flexibility index (Phi) is 81.4. The molecule has 2 N–H and O–H groups in total. The zero-order chi connectivity index (χ0) is 17.5. The van der Waals surface area contributed by atoms with Crippen molar-refractivity contribution >= 4 is 37.2 Å². The quantitative estimate of drug-likeness (QED) is 0.130. The van der Waals surface area contributed by atoms with Crippen molar-refractivity contribution in [1.82, 2.24) is 0 Å². The molecule has 0 bridgehead atoms. The average Bonchev–Trinajstić information content (AvgIpc) is 2.53. The van der Waals surface area contributed by atoms with Crippen LogP contribution in [0.1, 0.15) is 58.4 Å². The number of aliphatic hydroxyl groups is 2. The predicted molar refractivity (Wildman–Crippen MR) is 143 cm³/mol. The molecule has 0 aromatic carbocycles. The third-order valence-corrected chi connectivity index (χ3v) is 2.94.